The van der Waals surface area contributed by atoms with E-state index >= 15 is 0 Å². The highest BCUT2D eigenvalue weighted by Crippen LogP contribution is 2.20. The van der Waals surface area contributed by atoms with Gasteiger partial charge in [-0.15, -0.1) is 11.3 Å². The molecular weight excluding hydrogens is 278 g/mol. The molecule has 0 saturated heterocycles. The molecule has 0 radical (unpaired) electrons. The number of amides is 1. The van der Waals surface area contributed by atoms with Crippen LogP contribution in [0.5, 0.6) is 5.75 Å². The van der Waals surface area contributed by atoms with Gasteiger partial charge in [-0.1, -0.05) is 18.2 Å². The number of para-hydroxylation sites is 1. The molecule has 104 valence electrons. The van der Waals surface area contributed by atoms with Crippen LogP contribution in [0.15, 0.2) is 41.1 Å². The molecule has 0 unspecified atom stereocenters. The van der Waals surface area contributed by atoms with E-state index in [2.05, 4.69) is 5.32 Å². The zero-order chi connectivity index (χ0) is 14.4. The van der Waals surface area contributed by atoms with E-state index < -0.39 is 5.97 Å². The molecule has 20 heavy (non-hydrogen) atoms. The molecule has 2 rings (SSSR count). The quantitative estimate of drug-likeness (QED) is 0.858. The van der Waals surface area contributed by atoms with Gasteiger partial charge in [0.05, 0.1) is 24.3 Å². The number of aromatic carboxylic acids is 1. The Bertz CT molecular complexity index is 594. The normalized spacial score (nSPS) is 10.0. The van der Waals surface area contributed by atoms with Crippen molar-refractivity contribution in [2.24, 2.45) is 0 Å². The molecule has 6 heteroatoms. The molecule has 5 nitrogen and oxygen atoms in total. The summed E-state index contributed by atoms with van der Waals surface area (Å²) in [7, 11) is 0. The fourth-order valence-electron chi connectivity index (χ4n) is 1.55. The Morgan fingerprint density at radius 1 is 1.20 bits per heavy atom. The molecule has 1 aromatic heterocycles. The van der Waals surface area contributed by atoms with Gasteiger partial charge >= 0.3 is 5.97 Å². The van der Waals surface area contributed by atoms with Crippen LogP contribution < -0.4 is 10.1 Å². The predicted molar refractivity (Wildman–Crippen MR) is 76.5 cm³/mol. The Kier molecular flexibility index (Phi) is 4.73. The third kappa shape index (κ3) is 3.83. The van der Waals surface area contributed by atoms with Crippen molar-refractivity contribution < 1.29 is 19.4 Å². The number of thiophene rings is 1. The fourth-order valence-corrected chi connectivity index (χ4v) is 2.30. The largest absolute Gasteiger partial charge is 0.493 e. The van der Waals surface area contributed by atoms with Gasteiger partial charge in [0.25, 0.3) is 0 Å². The highest BCUT2D eigenvalue weighted by atomic mass is 32.1. The number of carbonyl (C=O) groups excluding carboxylic acids is 1. The molecular formula is C14H13NO4S. The first kappa shape index (κ1) is 14.1. The zero-order valence-corrected chi connectivity index (χ0v) is 11.4. The number of carboxylic acid groups (broad SMARTS) is 1. The lowest BCUT2D eigenvalue weighted by Gasteiger charge is -2.06. The van der Waals surface area contributed by atoms with Crippen LogP contribution in [-0.2, 0) is 4.79 Å². The van der Waals surface area contributed by atoms with Gasteiger partial charge in [0.15, 0.2) is 0 Å². The second kappa shape index (κ2) is 6.72. The third-order valence-electron chi connectivity index (χ3n) is 2.51. The second-order valence-corrected chi connectivity index (χ2v) is 4.71. The summed E-state index contributed by atoms with van der Waals surface area (Å²) in [6.07, 6.45) is 0.157. The average Bonchev–Trinajstić information content (AvgIpc) is 2.88. The number of benzene rings is 1. The number of anilines is 1. The maximum atomic E-state index is 11.7. The van der Waals surface area contributed by atoms with Gasteiger partial charge < -0.3 is 15.2 Å². The standard InChI is InChI=1S/C14H13NO4S/c16-13(6-7-19-10-4-2-1-3-5-10)15-12-9-20-8-11(12)14(17)18/h1-5,8-9H,6-7H2,(H,15,16)(H,17,18). The Hall–Kier alpha value is -2.34. The van der Waals surface area contributed by atoms with Crippen LogP contribution in [0.3, 0.4) is 0 Å². The van der Waals surface area contributed by atoms with Gasteiger partial charge in [-0.25, -0.2) is 4.79 Å². The summed E-state index contributed by atoms with van der Waals surface area (Å²) in [5.41, 5.74) is 0.430. The van der Waals surface area contributed by atoms with Crippen LogP contribution in [-0.4, -0.2) is 23.6 Å². The minimum Gasteiger partial charge on any atom is -0.493 e. The molecule has 2 aromatic rings. The van der Waals surface area contributed by atoms with E-state index in [0.717, 1.165) is 0 Å². The van der Waals surface area contributed by atoms with Crippen molar-refractivity contribution in [1.29, 1.82) is 0 Å². The van der Waals surface area contributed by atoms with Gasteiger partial charge in [-0.05, 0) is 12.1 Å². The van der Waals surface area contributed by atoms with E-state index in [9.17, 15) is 9.59 Å². The number of ether oxygens (including phenoxy) is 1. The minimum absolute atomic E-state index is 0.104. The van der Waals surface area contributed by atoms with E-state index in [0.29, 0.717) is 11.4 Å². The summed E-state index contributed by atoms with van der Waals surface area (Å²) in [5.74, 6) is -0.633. The van der Waals surface area contributed by atoms with Crippen LogP contribution >= 0.6 is 11.3 Å². The monoisotopic (exact) mass is 291 g/mol. The average molecular weight is 291 g/mol. The predicted octanol–water partition coefficient (Wildman–Crippen LogP) is 2.85. The summed E-state index contributed by atoms with van der Waals surface area (Å²) in [6, 6.07) is 9.18. The van der Waals surface area contributed by atoms with E-state index in [1.54, 1.807) is 17.5 Å². The molecule has 0 bridgehead atoms. The van der Waals surface area contributed by atoms with Crippen LogP contribution in [0.2, 0.25) is 0 Å². The fraction of sp³-hybridized carbons (Fsp3) is 0.143. The number of carbonyl (C=O) groups is 2. The Morgan fingerprint density at radius 2 is 1.95 bits per heavy atom. The van der Waals surface area contributed by atoms with Crippen molar-refractivity contribution in [3.05, 3.63) is 46.7 Å². The van der Waals surface area contributed by atoms with E-state index in [1.165, 1.54) is 16.7 Å². The van der Waals surface area contributed by atoms with Crippen molar-refractivity contribution in [2.45, 2.75) is 6.42 Å². The summed E-state index contributed by atoms with van der Waals surface area (Å²) in [6.45, 7) is 0.238. The molecule has 0 saturated carbocycles. The first-order valence-electron chi connectivity index (χ1n) is 5.94. The summed E-state index contributed by atoms with van der Waals surface area (Å²) in [4.78, 5) is 22.6. The summed E-state index contributed by atoms with van der Waals surface area (Å²) in [5, 5.41) is 14.6. The summed E-state index contributed by atoms with van der Waals surface area (Å²) >= 11 is 1.23. The lowest BCUT2D eigenvalue weighted by Crippen LogP contribution is -2.16. The lowest BCUT2D eigenvalue weighted by atomic mass is 10.3. The van der Waals surface area contributed by atoms with Crippen LogP contribution in [0, 0.1) is 0 Å². The molecule has 0 aliphatic rings. The highest BCUT2D eigenvalue weighted by molar-refractivity contribution is 7.08. The van der Waals surface area contributed by atoms with Crippen LogP contribution in [0.25, 0.3) is 0 Å². The van der Waals surface area contributed by atoms with Gasteiger partial charge in [0.2, 0.25) is 5.91 Å². The van der Waals surface area contributed by atoms with E-state index in [4.69, 9.17) is 9.84 Å². The highest BCUT2D eigenvalue weighted by Gasteiger charge is 2.13. The van der Waals surface area contributed by atoms with Crippen molar-refractivity contribution in [3.8, 4) is 5.75 Å². The lowest BCUT2D eigenvalue weighted by molar-refractivity contribution is -0.116. The van der Waals surface area contributed by atoms with Crippen LogP contribution in [0.1, 0.15) is 16.8 Å². The number of nitrogens with one attached hydrogen (secondary N) is 1. The Labute approximate surface area is 119 Å². The minimum atomic E-state index is -1.05. The molecule has 0 atom stereocenters. The Morgan fingerprint density at radius 3 is 2.65 bits per heavy atom. The maximum absolute atomic E-state index is 11.7. The van der Waals surface area contributed by atoms with Crippen molar-refractivity contribution >= 4 is 28.9 Å². The number of hydrogen-bond acceptors (Lipinski definition) is 4. The van der Waals surface area contributed by atoms with Gasteiger partial charge in [0, 0.05) is 10.8 Å². The molecule has 0 fully saturated rings. The maximum Gasteiger partial charge on any atom is 0.338 e. The molecule has 0 aliphatic carbocycles. The molecule has 1 aromatic carbocycles. The molecule has 1 amide bonds. The second-order valence-electron chi connectivity index (χ2n) is 3.96. The number of rotatable bonds is 6. The first-order chi connectivity index (χ1) is 9.66. The van der Waals surface area contributed by atoms with Gasteiger partial charge in [-0.3, -0.25) is 4.79 Å². The molecule has 1 heterocycles. The topological polar surface area (TPSA) is 75.6 Å². The van der Waals surface area contributed by atoms with Crippen molar-refractivity contribution in [2.75, 3.05) is 11.9 Å². The van der Waals surface area contributed by atoms with Gasteiger partial charge in [0.1, 0.15) is 5.75 Å². The molecule has 0 spiro atoms. The van der Waals surface area contributed by atoms with Crippen molar-refractivity contribution in [3.63, 3.8) is 0 Å². The zero-order valence-electron chi connectivity index (χ0n) is 10.5. The Balaban J connectivity index is 1.81. The number of hydrogen-bond donors (Lipinski definition) is 2. The summed E-state index contributed by atoms with van der Waals surface area (Å²) < 4.78 is 5.40. The smallest absolute Gasteiger partial charge is 0.338 e. The molecule has 2 N–H and O–H groups in total. The first-order valence-corrected chi connectivity index (χ1v) is 6.88. The SMILES string of the molecule is O=C(CCOc1ccccc1)Nc1cscc1C(=O)O. The third-order valence-corrected chi connectivity index (χ3v) is 3.25. The van der Waals surface area contributed by atoms with Gasteiger partial charge in [-0.2, -0.15) is 0 Å². The van der Waals surface area contributed by atoms with Crippen LogP contribution in [0.4, 0.5) is 5.69 Å². The molecule has 0 aliphatic heterocycles. The van der Waals surface area contributed by atoms with Crippen molar-refractivity contribution in [1.82, 2.24) is 0 Å². The number of carboxylic acids is 1. The van der Waals surface area contributed by atoms with E-state index in [-0.39, 0.29) is 24.5 Å². The van der Waals surface area contributed by atoms with E-state index in [1.807, 2.05) is 18.2 Å².